The first-order valence-corrected chi connectivity index (χ1v) is 10.3. The lowest BCUT2D eigenvalue weighted by Crippen LogP contribution is -2.63. The Labute approximate surface area is 165 Å². The molecule has 8 nitrogen and oxygen atoms in total. The summed E-state index contributed by atoms with van der Waals surface area (Å²) in [6.07, 6.45) is -4.47. The standard InChI is InChI=1S/C20H34O8/c1-19(2)7-9-5-11(21)6-10(15(9)26-19)8-25-16-12(22)13(23)17-18(14(16)24)28-20(3,4)27-17/h9-18,21-24H,5-8H2,1-4H3/t9?,10-,11+,12+,13-,14+,15?,16?,17?,18?/m0/s1. The van der Waals surface area contributed by atoms with E-state index in [0.29, 0.717) is 6.42 Å². The minimum absolute atomic E-state index is 0.0149. The third kappa shape index (κ3) is 3.74. The molecule has 2 saturated heterocycles. The van der Waals surface area contributed by atoms with Gasteiger partial charge in [-0.25, -0.2) is 0 Å². The summed E-state index contributed by atoms with van der Waals surface area (Å²) < 4.78 is 23.5. The van der Waals surface area contributed by atoms with E-state index in [2.05, 4.69) is 13.8 Å². The lowest BCUT2D eigenvalue weighted by atomic mass is 9.76. The predicted molar refractivity (Wildman–Crippen MR) is 97.4 cm³/mol. The van der Waals surface area contributed by atoms with Crippen LogP contribution in [0, 0.1) is 11.8 Å². The van der Waals surface area contributed by atoms with E-state index in [0.717, 1.165) is 12.8 Å². The van der Waals surface area contributed by atoms with E-state index in [9.17, 15) is 20.4 Å². The summed E-state index contributed by atoms with van der Waals surface area (Å²) in [5.41, 5.74) is -0.231. The van der Waals surface area contributed by atoms with E-state index >= 15 is 0 Å². The van der Waals surface area contributed by atoms with Gasteiger partial charge in [-0.15, -0.1) is 0 Å². The van der Waals surface area contributed by atoms with Gasteiger partial charge in [-0.3, -0.25) is 0 Å². The fourth-order valence-electron chi connectivity index (χ4n) is 5.61. The van der Waals surface area contributed by atoms with Crippen LogP contribution in [0.4, 0.5) is 0 Å². The lowest BCUT2D eigenvalue weighted by Gasteiger charge is -2.42. The summed E-state index contributed by atoms with van der Waals surface area (Å²) in [5, 5.41) is 42.0. The molecule has 0 aromatic heterocycles. The summed E-state index contributed by atoms with van der Waals surface area (Å²) in [6.45, 7) is 7.74. The maximum Gasteiger partial charge on any atom is 0.164 e. The molecule has 0 aromatic carbocycles. The Bertz CT molecular complexity index is 581. The van der Waals surface area contributed by atoms with Gasteiger partial charge >= 0.3 is 0 Å². The highest BCUT2D eigenvalue weighted by Crippen LogP contribution is 2.45. The van der Waals surface area contributed by atoms with Gasteiger partial charge in [-0.1, -0.05) is 0 Å². The van der Waals surface area contributed by atoms with Crippen LogP contribution in [0.1, 0.15) is 47.0 Å². The van der Waals surface area contributed by atoms with E-state index in [1.807, 2.05) is 0 Å². The Hall–Kier alpha value is -0.320. The molecule has 4 aliphatic rings. The van der Waals surface area contributed by atoms with Crippen molar-refractivity contribution in [2.45, 2.75) is 107 Å². The molecule has 0 aromatic rings. The van der Waals surface area contributed by atoms with Gasteiger partial charge in [0.1, 0.15) is 36.6 Å². The average molecular weight is 402 g/mol. The molecule has 0 spiro atoms. The molecule has 10 atom stereocenters. The van der Waals surface area contributed by atoms with E-state index < -0.39 is 48.5 Å². The average Bonchev–Trinajstić information content (AvgIpc) is 3.07. The van der Waals surface area contributed by atoms with E-state index in [1.165, 1.54) is 0 Å². The van der Waals surface area contributed by atoms with Gasteiger partial charge in [0.15, 0.2) is 5.79 Å². The minimum atomic E-state index is -1.29. The zero-order valence-electron chi connectivity index (χ0n) is 17.0. The van der Waals surface area contributed by atoms with Crippen LogP contribution in [-0.2, 0) is 18.9 Å². The van der Waals surface area contributed by atoms with Crippen molar-refractivity contribution in [3.8, 4) is 0 Å². The molecule has 0 bridgehead atoms. The van der Waals surface area contributed by atoms with Crippen molar-refractivity contribution in [3.63, 3.8) is 0 Å². The number of fused-ring (bicyclic) bond motifs is 2. The van der Waals surface area contributed by atoms with Gasteiger partial charge in [0, 0.05) is 5.92 Å². The van der Waals surface area contributed by atoms with Crippen LogP contribution < -0.4 is 0 Å². The van der Waals surface area contributed by atoms with Crippen molar-refractivity contribution in [1.82, 2.24) is 0 Å². The Kier molecular flexibility index (Phi) is 5.33. The molecule has 2 aliphatic carbocycles. The molecule has 4 N–H and O–H groups in total. The third-order valence-corrected chi connectivity index (χ3v) is 6.65. The van der Waals surface area contributed by atoms with Crippen molar-refractivity contribution in [2.24, 2.45) is 11.8 Å². The summed E-state index contributed by atoms with van der Waals surface area (Å²) >= 11 is 0. The zero-order chi connectivity index (χ0) is 20.4. The zero-order valence-corrected chi connectivity index (χ0v) is 17.0. The molecule has 0 amide bonds. The third-order valence-electron chi connectivity index (χ3n) is 6.65. The van der Waals surface area contributed by atoms with Crippen molar-refractivity contribution < 1.29 is 39.4 Å². The number of hydrogen-bond acceptors (Lipinski definition) is 8. The monoisotopic (exact) mass is 402 g/mol. The first-order chi connectivity index (χ1) is 13.0. The molecule has 2 aliphatic heterocycles. The second kappa shape index (κ2) is 7.13. The van der Waals surface area contributed by atoms with Gasteiger partial charge in [0.2, 0.25) is 0 Å². The molecular weight excluding hydrogens is 368 g/mol. The lowest BCUT2D eigenvalue weighted by molar-refractivity contribution is -0.216. The maximum absolute atomic E-state index is 10.7. The van der Waals surface area contributed by atoms with Crippen LogP contribution in [0.2, 0.25) is 0 Å². The second-order valence-corrected chi connectivity index (χ2v) is 10.0. The Balaban J connectivity index is 1.44. The van der Waals surface area contributed by atoms with E-state index in [-0.39, 0.29) is 30.1 Å². The van der Waals surface area contributed by atoms with Crippen molar-refractivity contribution in [3.05, 3.63) is 0 Å². The molecule has 2 saturated carbocycles. The van der Waals surface area contributed by atoms with Crippen molar-refractivity contribution in [2.75, 3.05) is 6.61 Å². The Morgan fingerprint density at radius 2 is 1.46 bits per heavy atom. The fraction of sp³-hybridized carbons (Fsp3) is 1.00. The summed E-state index contributed by atoms with van der Waals surface area (Å²) in [4.78, 5) is 0. The largest absolute Gasteiger partial charge is 0.393 e. The smallest absolute Gasteiger partial charge is 0.164 e. The molecule has 2 heterocycles. The van der Waals surface area contributed by atoms with Gasteiger partial charge in [-0.2, -0.15) is 0 Å². The normalized spacial score (nSPS) is 52.3. The minimum Gasteiger partial charge on any atom is -0.393 e. The van der Waals surface area contributed by atoms with E-state index in [1.54, 1.807) is 13.8 Å². The molecular formula is C20H34O8. The van der Waals surface area contributed by atoms with Crippen molar-refractivity contribution in [1.29, 1.82) is 0 Å². The van der Waals surface area contributed by atoms with Gasteiger partial charge < -0.3 is 39.4 Å². The van der Waals surface area contributed by atoms with E-state index in [4.69, 9.17) is 18.9 Å². The Morgan fingerprint density at radius 1 is 0.821 bits per heavy atom. The second-order valence-electron chi connectivity index (χ2n) is 10.0. The number of aliphatic hydroxyl groups excluding tert-OH is 4. The van der Waals surface area contributed by atoms with Crippen molar-refractivity contribution >= 4 is 0 Å². The molecule has 162 valence electrons. The maximum atomic E-state index is 10.7. The highest BCUT2D eigenvalue weighted by Gasteiger charge is 2.58. The quantitative estimate of drug-likeness (QED) is 0.519. The molecule has 4 fully saturated rings. The fourth-order valence-corrected chi connectivity index (χ4v) is 5.61. The number of ether oxygens (including phenoxy) is 4. The summed E-state index contributed by atoms with van der Waals surface area (Å²) in [6, 6.07) is 0. The molecule has 4 rings (SSSR count). The van der Waals surface area contributed by atoms with Crippen LogP contribution in [0.5, 0.6) is 0 Å². The molecule has 28 heavy (non-hydrogen) atoms. The Morgan fingerprint density at radius 3 is 2.14 bits per heavy atom. The summed E-state index contributed by atoms with van der Waals surface area (Å²) in [5.74, 6) is -0.714. The van der Waals surface area contributed by atoms with Gasteiger partial charge in [0.05, 0.1) is 24.4 Å². The van der Waals surface area contributed by atoms with Crippen LogP contribution >= 0.6 is 0 Å². The molecule has 5 unspecified atom stereocenters. The van der Waals surface area contributed by atoms with Crippen LogP contribution in [0.15, 0.2) is 0 Å². The first kappa shape index (κ1) is 20.9. The van der Waals surface area contributed by atoms with Crippen LogP contribution in [0.3, 0.4) is 0 Å². The summed E-state index contributed by atoms with van der Waals surface area (Å²) in [7, 11) is 0. The van der Waals surface area contributed by atoms with Crippen LogP contribution in [0.25, 0.3) is 0 Å². The number of hydrogen-bond donors (Lipinski definition) is 4. The van der Waals surface area contributed by atoms with Crippen LogP contribution in [-0.4, -0.2) is 87.3 Å². The number of rotatable bonds is 3. The topological polar surface area (TPSA) is 118 Å². The predicted octanol–water partition coefficient (Wildman–Crippen LogP) is -0.0574. The molecule has 0 radical (unpaired) electrons. The highest BCUT2D eigenvalue weighted by molar-refractivity contribution is 5.05. The molecule has 8 heteroatoms. The number of aliphatic hydroxyl groups is 4. The highest BCUT2D eigenvalue weighted by atomic mass is 16.8. The van der Waals surface area contributed by atoms with Gasteiger partial charge in [0.25, 0.3) is 0 Å². The first-order valence-electron chi connectivity index (χ1n) is 10.3. The SMILES string of the molecule is CC1(C)CC2C[C@@H](O)C[C@@H](COC3[C@@H](O)C4OC(C)(C)OC4[C@@H](O)[C@H]3O)C2O1. The van der Waals surface area contributed by atoms with Gasteiger partial charge in [-0.05, 0) is 52.9 Å².